The van der Waals surface area contributed by atoms with Gasteiger partial charge in [-0.05, 0) is 23.8 Å². The number of hydrogen-bond acceptors (Lipinski definition) is 5. The van der Waals surface area contributed by atoms with Crippen LogP contribution in [-0.2, 0) is 12.4 Å². The second-order valence-corrected chi connectivity index (χ2v) is 6.22. The summed E-state index contributed by atoms with van der Waals surface area (Å²) in [7, 11) is 0. The molecule has 0 N–H and O–H groups in total. The summed E-state index contributed by atoms with van der Waals surface area (Å²) in [4.78, 5) is 0. The molecule has 0 radical (unpaired) electrons. The molecule has 0 aliphatic rings. The van der Waals surface area contributed by atoms with E-state index in [0.29, 0.717) is 0 Å². The Balaban J connectivity index is 3.27. The molecule has 0 atom stereocenters. The lowest BCUT2D eigenvalue weighted by molar-refractivity contribution is -0.143. The van der Waals surface area contributed by atoms with Crippen molar-refractivity contribution in [1.82, 2.24) is 0 Å². The van der Waals surface area contributed by atoms with Crippen LogP contribution in [0, 0.1) is 68.3 Å². The van der Waals surface area contributed by atoms with Gasteiger partial charge in [-0.25, -0.2) is 8.78 Å². The van der Waals surface area contributed by atoms with E-state index >= 15 is 4.39 Å². The lowest BCUT2D eigenvalue weighted by atomic mass is 9.92. The zero-order valence-electron chi connectivity index (χ0n) is 16.0. The molecular weight excluding hydrogens is 474 g/mol. The smallest absolute Gasteiger partial charge is 0.206 e. The Kier molecular flexibility index (Phi) is 6.63. The predicted octanol–water partition coefficient (Wildman–Crippen LogP) is 3.67. The van der Waals surface area contributed by atoms with Gasteiger partial charge < -0.3 is 0 Å². The van der Waals surface area contributed by atoms with Crippen molar-refractivity contribution < 1.29 is 35.1 Å². The average molecular weight is 477 g/mol. The van der Waals surface area contributed by atoms with Gasteiger partial charge in [0.1, 0.15) is 41.7 Å². The summed E-state index contributed by atoms with van der Waals surface area (Å²) < 4.78 is 110. The zero-order chi connectivity index (χ0) is 26.0. The minimum Gasteiger partial charge on any atom is -0.206 e. The van der Waals surface area contributed by atoms with Crippen LogP contribution in [0.2, 0.25) is 0 Å². The Morgan fingerprint density at radius 1 is 0.676 bits per heavy atom. The van der Waals surface area contributed by atoms with Crippen LogP contribution in [0.4, 0.5) is 35.1 Å². The van der Waals surface area contributed by atoms with E-state index in [0.717, 1.165) is 12.1 Å². The van der Waals surface area contributed by atoms with E-state index in [2.05, 4.69) is 0 Å². The van der Waals surface area contributed by atoms with Crippen LogP contribution in [0.5, 0.6) is 0 Å². The van der Waals surface area contributed by atoms with Crippen LogP contribution in [0.15, 0.2) is 18.2 Å². The molecular formula is C21H3F8N5. The standard InChI is InChI=1S/C21H3F8N5/c22-17-3-11(10(4-30)5-31)13(7-33)19(23)18(17)12(6-32)9-1-15(20(24,25)26)14(8-34)16(2-9)21(27,28)29/h1-3H/b18-12-. The highest BCUT2D eigenvalue weighted by Gasteiger charge is 2.42. The van der Waals surface area contributed by atoms with Gasteiger partial charge in [-0.1, -0.05) is 0 Å². The van der Waals surface area contributed by atoms with Crippen molar-refractivity contribution in [3.05, 3.63) is 68.1 Å². The van der Waals surface area contributed by atoms with Gasteiger partial charge in [-0.2, -0.15) is 52.7 Å². The molecule has 168 valence electrons. The third-order valence-electron chi connectivity index (χ3n) is 4.33. The van der Waals surface area contributed by atoms with Gasteiger partial charge in [0.2, 0.25) is 0 Å². The van der Waals surface area contributed by atoms with Crippen LogP contribution in [-0.4, -0.2) is 0 Å². The van der Waals surface area contributed by atoms with E-state index in [1.54, 1.807) is 0 Å². The van der Waals surface area contributed by atoms with Crippen LogP contribution < -0.4 is 10.4 Å². The van der Waals surface area contributed by atoms with E-state index in [1.165, 1.54) is 18.2 Å². The maximum Gasteiger partial charge on any atom is 0.417 e. The Morgan fingerprint density at radius 2 is 1.15 bits per heavy atom. The van der Waals surface area contributed by atoms with E-state index in [4.69, 9.17) is 15.8 Å². The first-order valence-electron chi connectivity index (χ1n) is 8.36. The first kappa shape index (κ1) is 25.3. The summed E-state index contributed by atoms with van der Waals surface area (Å²) >= 11 is 0. The molecule has 0 spiro atoms. The molecule has 5 nitrogen and oxygen atoms in total. The van der Waals surface area contributed by atoms with E-state index in [-0.39, 0.29) is 18.2 Å². The Labute approximate surface area is 184 Å². The van der Waals surface area contributed by atoms with Gasteiger partial charge in [0, 0.05) is 5.22 Å². The van der Waals surface area contributed by atoms with Crippen LogP contribution in [0.1, 0.15) is 27.8 Å². The minimum atomic E-state index is -5.52. The minimum absolute atomic E-state index is 0.0622. The number of halogens is 8. The quantitative estimate of drug-likeness (QED) is 0.581. The molecule has 0 aliphatic carbocycles. The van der Waals surface area contributed by atoms with Crippen LogP contribution in [0.25, 0.3) is 11.1 Å². The predicted molar refractivity (Wildman–Crippen MR) is 94.2 cm³/mol. The number of benzene rings is 2. The second kappa shape index (κ2) is 8.90. The van der Waals surface area contributed by atoms with Gasteiger partial charge >= 0.3 is 12.4 Å². The molecule has 0 fully saturated rings. The molecule has 2 aromatic carbocycles. The maximum absolute atomic E-state index is 15.0. The van der Waals surface area contributed by atoms with Gasteiger partial charge in [0.05, 0.1) is 33.0 Å². The van der Waals surface area contributed by atoms with Crippen molar-refractivity contribution >= 4 is 11.1 Å². The van der Waals surface area contributed by atoms with E-state index in [9.17, 15) is 41.3 Å². The molecule has 2 aromatic rings. The molecule has 0 saturated carbocycles. The molecule has 0 amide bonds. The molecule has 0 unspecified atom stereocenters. The fourth-order valence-electron chi connectivity index (χ4n) is 2.92. The molecule has 0 aromatic heterocycles. The highest BCUT2D eigenvalue weighted by atomic mass is 19.4. The summed E-state index contributed by atoms with van der Waals surface area (Å²) in [5.41, 5.74) is -10.7. The normalized spacial score (nSPS) is 11.9. The van der Waals surface area contributed by atoms with Crippen molar-refractivity contribution in [3.63, 3.8) is 0 Å². The number of nitrogens with zero attached hydrogens (tertiary/aromatic N) is 5. The zero-order valence-corrected chi connectivity index (χ0v) is 16.0. The monoisotopic (exact) mass is 477 g/mol. The molecule has 0 bridgehead atoms. The fourth-order valence-corrected chi connectivity index (χ4v) is 2.92. The largest absolute Gasteiger partial charge is 0.417 e. The third kappa shape index (κ3) is 4.35. The second-order valence-electron chi connectivity index (χ2n) is 6.22. The number of nitriles is 5. The fraction of sp³-hybridized carbons (Fsp3) is 0.0952. The number of rotatable bonds is 1. The highest BCUT2D eigenvalue weighted by Crippen LogP contribution is 2.40. The summed E-state index contributed by atoms with van der Waals surface area (Å²) in [6, 6.07) is 5.80. The Morgan fingerprint density at radius 3 is 1.50 bits per heavy atom. The van der Waals surface area contributed by atoms with Crippen molar-refractivity contribution in [1.29, 1.82) is 26.3 Å². The topological polar surface area (TPSA) is 119 Å². The molecule has 0 aliphatic heterocycles. The van der Waals surface area contributed by atoms with Crippen LogP contribution in [0.3, 0.4) is 0 Å². The van der Waals surface area contributed by atoms with Crippen molar-refractivity contribution in [3.8, 4) is 30.3 Å². The van der Waals surface area contributed by atoms with Crippen molar-refractivity contribution in [2.75, 3.05) is 0 Å². The van der Waals surface area contributed by atoms with Crippen molar-refractivity contribution in [2.24, 2.45) is 0 Å². The lowest BCUT2D eigenvalue weighted by Gasteiger charge is -2.16. The SMILES string of the molecule is N#CC(C#N)=c1cc(F)/c(=C(\C#N)c2cc(C(F)(F)F)c(C#N)c(C(F)(F)F)c2)c(F)c1C#N. The first-order valence-corrected chi connectivity index (χ1v) is 8.36. The molecule has 0 saturated heterocycles. The third-order valence-corrected chi connectivity index (χ3v) is 4.33. The van der Waals surface area contributed by atoms with E-state index < -0.39 is 73.4 Å². The summed E-state index contributed by atoms with van der Waals surface area (Å²) in [5.74, 6) is -3.65. The lowest BCUT2D eigenvalue weighted by Crippen LogP contribution is -2.27. The Bertz CT molecular complexity index is 1500. The summed E-state index contributed by atoms with van der Waals surface area (Å²) in [6.07, 6.45) is -11.0. The summed E-state index contributed by atoms with van der Waals surface area (Å²) in [5, 5.41) is 42.9. The van der Waals surface area contributed by atoms with Crippen LogP contribution >= 0.6 is 0 Å². The first-order chi connectivity index (χ1) is 15.8. The highest BCUT2D eigenvalue weighted by molar-refractivity contribution is 5.79. The Hall–Kier alpha value is -4.93. The molecule has 2 rings (SSSR count). The number of hydrogen-bond donors (Lipinski definition) is 0. The molecule has 0 heterocycles. The van der Waals surface area contributed by atoms with Gasteiger partial charge in [-0.15, -0.1) is 0 Å². The number of alkyl halides is 6. The summed E-state index contributed by atoms with van der Waals surface area (Å²) in [6.45, 7) is 0. The molecule has 34 heavy (non-hydrogen) atoms. The average Bonchev–Trinajstić information content (AvgIpc) is 2.75. The van der Waals surface area contributed by atoms with Gasteiger partial charge in [-0.3, -0.25) is 0 Å². The van der Waals surface area contributed by atoms with Crippen molar-refractivity contribution in [2.45, 2.75) is 12.4 Å². The van der Waals surface area contributed by atoms with E-state index in [1.807, 2.05) is 0 Å². The maximum atomic E-state index is 15.0. The van der Waals surface area contributed by atoms with Gasteiger partial charge in [0.25, 0.3) is 0 Å². The molecule has 13 heteroatoms. The van der Waals surface area contributed by atoms with Gasteiger partial charge in [0.15, 0.2) is 5.82 Å².